The van der Waals surface area contributed by atoms with E-state index in [-0.39, 0.29) is 5.75 Å². The van der Waals surface area contributed by atoms with E-state index in [1.165, 1.54) is 0 Å². The van der Waals surface area contributed by atoms with E-state index in [1.54, 1.807) is 18.2 Å². The number of allylic oxidation sites excluding steroid dienone is 1. The molecule has 1 radical (unpaired) electrons. The van der Waals surface area contributed by atoms with Crippen molar-refractivity contribution in [2.75, 3.05) is 0 Å². The second-order valence-electron chi connectivity index (χ2n) is 2.53. The first-order chi connectivity index (χ1) is 5.66. The molecule has 1 aromatic rings. The highest BCUT2D eigenvalue weighted by molar-refractivity contribution is 6.33. The predicted octanol–water partition coefficient (Wildman–Crippen LogP) is 3.17. The molecule has 0 fully saturated rings. The number of phenols is 1. The molecule has 1 rings (SSSR count). The lowest BCUT2D eigenvalue weighted by Gasteiger charge is -2.08. The van der Waals surface area contributed by atoms with Gasteiger partial charge in [-0.25, -0.2) is 0 Å². The molecule has 12 heavy (non-hydrogen) atoms. The molecule has 1 N–H and O–H groups in total. The Kier molecular flexibility index (Phi) is 2.77. The number of halogens is 1. The van der Waals surface area contributed by atoms with Gasteiger partial charge < -0.3 is 5.11 Å². The fourth-order valence-electron chi connectivity index (χ4n) is 0.934. The summed E-state index contributed by atoms with van der Waals surface area (Å²) in [6, 6.07) is 5.16. The molecule has 2 heteroatoms. The standard InChI is InChI=1S/C10H10ClO/c1-3-7(2)8-5-4-6-9(12)10(8)11/h3-6,12H,1H2,2H3. The van der Waals surface area contributed by atoms with Gasteiger partial charge in [-0.2, -0.15) is 0 Å². The maximum Gasteiger partial charge on any atom is 0.134 e. The fourth-order valence-corrected chi connectivity index (χ4v) is 1.21. The summed E-state index contributed by atoms with van der Waals surface area (Å²) in [7, 11) is 0. The van der Waals surface area contributed by atoms with Gasteiger partial charge >= 0.3 is 0 Å². The van der Waals surface area contributed by atoms with Crippen LogP contribution in [0.25, 0.3) is 0 Å². The van der Waals surface area contributed by atoms with Gasteiger partial charge in [0.2, 0.25) is 0 Å². The molecule has 0 aliphatic rings. The number of hydrogen-bond donors (Lipinski definition) is 1. The maximum atomic E-state index is 9.26. The van der Waals surface area contributed by atoms with Crippen molar-refractivity contribution in [2.24, 2.45) is 0 Å². The third kappa shape index (κ3) is 1.62. The molecule has 0 aliphatic heterocycles. The van der Waals surface area contributed by atoms with Crippen molar-refractivity contribution in [1.29, 1.82) is 0 Å². The Bertz CT molecular complexity index is 294. The molecule has 0 aliphatic carbocycles. The average molecular weight is 182 g/mol. The van der Waals surface area contributed by atoms with Gasteiger partial charge in [-0.3, -0.25) is 0 Å². The minimum atomic E-state index is 0.107. The Morgan fingerprint density at radius 1 is 1.58 bits per heavy atom. The zero-order chi connectivity index (χ0) is 9.14. The summed E-state index contributed by atoms with van der Waals surface area (Å²) in [4.78, 5) is 0. The minimum absolute atomic E-state index is 0.107. The molecule has 0 saturated carbocycles. The Labute approximate surface area is 77.3 Å². The van der Waals surface area contributed by atoms with Gasteiger partial charge in [-0.1, -0.05) is 36.7 Å². The normalized spacial score (nSPS) is 10.2. The van der Waals surface area contributed by atoms with E-state index in [0.717, 1.165) is 11.5 Å². The summed E-state index contributed by atoms with van der Waals surface area (Å²) in [5.41, 5.74) is 0.826. The van der Waals surface area contributed by atoms with Crippen LogP contribution >= 0.6 is 11.6 Å². The summed E-state index contributed by atoms with van der Waals surface area (Å²) < 4.78 is 0. The Hall–Kier alpha value is -0.950. The summed E-state index contributed by atoms with van der Waals surface area (Å²) in [6.45, 7) is 5.53. The topological polar surface area (TPSA) is 20.2 Å². The largest absolute Gasteiger partial charge is 0.506 e. The van der Waals surface area contributed by atoms with E-state index >= 15 is 0 Å². The molecular formula is C10H10ClO. The lowest BCUT2D eigenvalue weighted by atomic mass is 10.0. The highest BCUT2D eigenvalue weighted by Crippen LogP contribution is 2.31. The van der Waals surface area contributed by atoms with Crippen molar-refractivity contribution >= 4 is 11.6 Å². The molecule has 0 unspecified atom stereocenters. The van der Waals surface area contributed by atoms with E-state index in [1.807, 2.05) is 13.0 Å². The lowest BCUT2D eigenvalue weighted by molar-refractivity contribution is 0.475. The van der Waals surface area contributed by atoms with Crippen molar-refractivity contribution < 1.29 is 5.11 Å². The van der Waals surface area contributed by atoms with E-state index in [0.29, 0.717) is 5.02 Å². The van der Waals surface area contributed by atoms with Gasteiger partial charge in [-0.05, 0) is 11.6 Å². The van der Waals surface area contributed by atoms with Crippen molar-refractivity contribution in [3.05, 3.63) is 47.4 Å². The maximum absolute atomic E-state index is 9.26. The first-order valence-electron chi connectivity index (χ1n) is 3.60. The van der Waals surface area contributed by atoms with Crippen LogP contribution in [0.5, 0.6) is 5.75 Å². The number of benzene rings is 1. The Morgan fingerprint density at radius 2 is 2.25 bits per heavy atom. The van der Waals surface area contributed by atoms with Crippen LogP contribution in [0, 0.1) is 5.92 Å². The number of hydrogen-bond acceptors (Lipinski definition) is 1. The zero-order valence-electron chi connectivity index (χ0n) is 6.84. The monoisotopic (exact) mass is 181 g/mol. The van der Waals surface area contributed by atoms with Crippen LogP contribution in [0.15, 0.2) is 30.9 Å². The quantitative estimate of drug-likeness (QED) is 0.743. The van der Waals surface area contributed by atoms with Crippen LogP contribution in [0.1, 0.15) is 12.5 Å². The fraction of sp³-hybridized carbons (Fsp3) is 0.100. The van der Waals surface area contributed by atoms with Gasteiger partial charge in [-0.15, -0.1) is 6.58 Å². The molecule has 0 heterocycles. The predicted molar refractivity (Wildman–Crippen MR) is 51.3 cm³/mol. The molecule has 63 valence electrons. The third-order valence-electron chi connectivity index (χ3n) is 1.71. The summed E-state index contributed by atoms with van der Waals surface area (Å²) in [6.07, 6.45) is 1.71. The summed E-state index contributed by atoms with van der Waals surface area (Å²) >= 11 is 5.85. The third-order valence-corrected chi connectivity index (χ3v) is 2.11. The van der Waals surface area contributed by atoms with E-state index in [9.17, 15) is 5.11 Å². The molecule has 0 bridgehead atoms. The van der Waals surface area contributed by atoms with Crippen molar-refractivity contribution in [3.63, 3.8) is 0 Å². The first kappa shape index (κ1) is 9.14. The first-order valence-corrected chi connectivity index (χ1v) is 3.98. The summed E-state index contributed by atoms with van der Waals surface area (Å²) in [5, 5.41) is 9.65. The number of phenolic OH excluding ortho intramolecular Hbond substituents is 1. The van der Waals surface area contributed by atoms with E-state index in [2.05, 4.69) is 6.58 Å². The smallest absolute Gasteiger partial charge is 0.134 e. The average Bonchev–Trinajstić information content (AvgIpc) is 2.08. The number of aromatic hydroxyl groups is 1. The Morgan fingerprint density at radius 3 is 2.83 bits per heavy atom. The minimum Gasteiger partial charge on any atom is -0.506 e. The van der Waals surface area contributed by atoms with Crippen LogP contribution in [0.2, 0.25) is 5.02 Å². The molecule has 0 amide bonds. The molecule has 0 spiro atoms. The van der Waals surface area contributed by atoms with Gasteiger partial charge in [0.1, 0.15) is 5.75 Å². The van der Waals surface area contributed by atoms with Gasteiger partial charge in [0.15, 0.2) is 0 Å². The van der Waals surface area contributed by atoms with Crippen LogP contribution < -0.4 is 0 Å². The van der Waals surface area contributed by atoms with Gasteiger partial charge in [0.05, 0.1) is 5.02 Å². The van der Waals surface area contributed by atoms with Crippen molar-refractivity contribution in [3.8, 4) is 5.75 Å². The second kappa shape index (κ2) is 3.63. The Balaban J connectivity index is 3.15. The zero-order valence-corrected chi connectivity index (χ0v) is 7.60. The highest BCUT2D eigenvalue weighted by Gasteiger charge is 2.08. The van der Waals surface area contributed by atoms with E-state index < -0.39 is 0 Å². The van der Waals surface area contributed by atoms with Crippen molar-refractivity contribution in [2.45, 2.75) is 6.92 Å². The highest BCUT2D eigenvalue weighted by atomic mass is 35.5. The molecule has 0 saturated heterocycles. The van der Waals surface area contributed by atoms with Crippen LogP contribution in [0.4, 0.5) is 0 Å². The molecular weight excluding hydrogens is 172 g/mol. The number of rotatable bonds is 2. The van der Waals surface area contributed by atoms with Crippen LogP contribution in [-0.2, 0) is 0 Å². The second-order valence-corrected chi connectivity index (χ2v) is 2.90. The molecule has 0 atom stereocenters. The summed E-state index contributed by atoms with van der Waals surface area (Å²) in [5.74, 6) is 1.06. The van der Waals surface area contributed by atoms with Crippen LogP contribution in [0.3, 0.4) is 0 Å². The van der Waals surface area contributed by atoms with Gasteiger partial charge in [0, 0.05) is 5.92 Å². The molecule has 1 nitrogen and oxygen atoms in total. The van der Waals surface area contributed by atoms with E-state index in [4.69, 9.17) is 11.6 Å². The lowest BCUT2D eigenvalue weighted by Crippen LogP contribution is -1.90. The molecule has 0 aromatic heterocycles. The van der Waals surface area contributed by atoms with Crippen LogP contribution in [-0.4, -0.2) is 5.11 Å². The SMILES string of the molecule is C=C[C](C)c1cccc(O)c1Cl. The van der Waals surface area contributed by atoms with Crippen molar-refractivity contribution in [1.82, 2.24) is 0 Å². The molecule has 1 aromatic carbocycles. The van der Waals surface area contributed by atoms with Gasteiger partial charge in [0.25, 0.3) is 0 Å².